The number of carbonyl (C=O) groups is 2. The minimum Gasteiger partial charge on any atom is -0.326 e. The summed E-state index contributed by atoms with van der Waals surface area (Å²) in [5, 5.41) is 2.73. The van der Waals surface area contributed by atoms with E-state index < -0.39 is 0 Å². The summed E-state index contributed by atoms with van der Waals surface area (Å²) < 4.78 is 0. The van der Waals surface area contributed by atoms with E-state index in [9.17, 15) is 9.59 Å². The third-order valence-electron chi connectivity index (χ3n) is 3.05. The van der Waals surface area contributed by atoms with E-state index >= 15 is 0 Å². The van der Waals surface area contributed by atoms with Crippen molar-refractivity contribution in [1.82, 2.24) is 0 Å². The SMILES string of the molecule is CC(=O)Nc1ccc2c(c1)-c1ccccc1C2=O. The summed E-state index contributed by atoms with van der Waals surface area (Å²) >= 11 is 0. The first kappa shape index (κ1) is 10.7. The number of hydrogen-bond acceptors (Lipinski definition) is 2. The molecule has 1 amide bonds. The van der Waals surface area contributed by atoms with E-state index in [1.165, 1.54) is 6.92 Å². The van der Waals surface area contributed by atoms with Crippen LogP contribution in [0.2, 0.25) is 0 Å². The maximum atomic E-state index is 12.1. The summed E-state index contributed by atoms with van der Waals surface area (Å²) in [5.41, 5.74) is 3.97. The monoisotopic (exact) mass is 237 g/mol. The first-order valence-electron chi connectivity index (χ1n) is 5.72. The summed E-state index contributed by atoms with van der Waals surface area (Å²) in [6.45, 7) is 1.46. The molecule has 0 aromatic heterocycles. The Bertz CT molecular complexity index is 674. The van der Waals surface area contributed by atoms with Crippen molar-refractivity contribution in [3.8, 4) is 11.1 Å². The van der Waals surface area contributed by atoms with Crippen molar-refractivity contribution in [2.24, 2.45) is 0 Å². The van der Waals surface area contributed by atoms with Crippen LogP contribution in [0.5, 0.6) is 0 Å². The number of nitrogens with one attached hydrogen (secondary N) is 1. The molecule has 0 saturated carbocycles. The number of ketones is 1. The quantitative estimate of drug-likeness (QED) is 0.707. The molecule has 3 heteroatoms. The molecule has 0 unspecified atom stereocenters. The lowest BCUT2D eigenvalue weighted by atomic mass is 10.1. The van der Waals surface area contributed by atoms with Crippen molar-refractivity contribution in [1.29, 1.82) is 0 Å². The van der Waals surface area contributed by atoms with Gasteiger partial charge in [-0.3, -0.25) is 9.59 Å². The molecule has 0 bridgehead atoms. The summed E-state index contributed by atoms with van der Waals surface area (Å²) in [5.74, 6) is -0.0671. The number of fused-ring (bicyclic) bond motifs is 3. The predicted molar refractivity (Wildman–Crippen MR) is 69.6 cm³/mol. The van der Waals surface area contributed by atoms with Gasteiger partial charge in [-0.15, -0.1) is 0 Å². The Balaban J connectivity index is 2.17. The molecule has 0 radical (unpaired) electrons. The van der Waals surface area contributed by atoms with E-state index in [0.29, 0.717) is 11.3 Å². The molecule has 1 N–H and O–H groups in total. The van der Waals surface area contributed by atoms with Crippen LogP contribution >= 0.6 is 0 Å². The van der Waals surface area contributed by atoms with Crippen molar-refractivity contribution in [2.75, 3.05) is 5.32 Å². The topological polar surface area (TPSA) is 46.2 Å². The highest BCUT2D eigenvalue weighted by atomic mass is 16.1. The van der Waals surface area contributed by atoms with E-state index in [0.717, 1.165) is 16.7 Å². The van der Waals surface area contributed by atoms with Crippen LogP contribution in [0.3, 0.4) is 0 Å². The summed E-state index contributed by atoms with van der Waals surface area (Å²) in [4.78, 5) is 23.2. The van der Waals surface area contributed by atoms with Gasteiger partial charge in [0.05, 0.1) is 0 Å². The van der Waals surface area contributed by atoms with Gasteiger partial charge in [-0.1, -0.05) is 24.3 Å². The number of anilines is 1. The van der Waals surface area contributed by atoms with Gasteiger partial charge in [0.25, 0.3) is 0 Å². The highest BCUT2D eigenvalue weighted by Gasteiger charge is 2.26. The molecule has 0 heterocycles. The van der Waals surface area contributed by atoms with Gasteiger partial charge in [-0.2, -0.15) is 0 Å². The summed E-state index contributed by atoms with van der Waals surface area (Å²) in [7, 11) is 0. The largest absolute Gasteiger partial charge is 0.326 e. The number of benzene rings is 2. The minimum absolute atomic E-state index is 0.0509. The maximum absolute atomic E-state index is 12.1. The lowest BCUT2D eigenvalue weighted by molar-refractivity contribution is -0.114. The normalized spacial score (nSPS) is 11.9. The molecule has 0 fully saturated rings. The Labute approximate surface area is 104 Å². The third kappa shape index (κ3) is 1.52. The Hall–Kier alpha value is -2.42. The molecule has 2 aromatic carbocycles. The number of amides is 1. The molecule has 18 heavy (non-hydrogen) atoms. The Morgan fingerprint density at radius 2 is 1.61 bits per heavy atom. The molecule has 3 nitrogen and oxygen atoms in total. The van der Waals surface area contributed by atoms with Crippen LogP contribution in [0, 0.1) is 0 Å². The lowest BCUT2D eigenvalue weighted by Gasteiger charge is -2.05. The lowest BCUT2D eigenvalue weighted by Crippen LogP contribution is -2.05. The molecule has 0 spiro atoms. The fourth-order valence-electron chi connectivity index (χ4n) is 2.31. The van der Waals surface area contributed by atoms with Crippen LogP contribution in [0.1, 0.15) is 22.8 Å². The number of hydrogen-bond donors (Lipinski definition) is 1. The molecular formula is C15H11NO2. The van der Waals surface area contributed by atoms with Gasteiger partial charge in [0.1, 0.15) is 0 Å². The van der Waals surface area contributed by atoms with Gasteiger partial charge >= 0.3 is 0 Å². The molecule has 1 aliphatic carbocycles. The third-order valence-corrected chi connectivity index (χ3v) is 3.05. The summed E-state index contributed by atoms with van der Waals surface area (Å²) in [6.07, 6.45) is 0. The van der Waals surface area contributed by atoms with Gasteiger partial charge in [-0.05, 0) is 29.3 Å². The van der Waals surface area contributed by atoms with Gasteiger partial charge in [0.2, 0.25) is 5.91 Å². The second kappa shape index (κ2) is 3.81. The van der Waals surface area contributed by atoms with E-state index in [1.807, 2.05) is 30.3 Å². The fourth-order valence-corrected chi connectivity index (χ4v) is 2.31. The van der Waals surface area contributed by atoms with Crippen molar-refractivity contribution in [2.45, 2.75) is 6.92 Å². The van der Waals surface area contributed by atoms with Gasteiger partial charge in [0, 0.05) is 23.7 Å². The molecule has 3 rings (SSSR count). The van der Waals surface area contributed by atoms with E-state index in [2.05, 4.69) is 5.32 Å². The highest BCUT2D eigenvalue weighted by Crippen LogP contribution is 2.37. The van der Waals surface area contributed by atoms with Gasteiger partial charge < -0.3 is 5.32 Å². The standard InChI is InChI=1S/C15H11NO2/c1-9(17)16-10-6-7-13-14(8-10)11-4-2-3-5-12(11)15(13)18/h2-8H,1H3,(H,16,17). The molecule has 0 saturated heterocycles. The van der Waals surface area contributed by atoms with Crippen LogP contribution in [-0.4, -0.2) is 11.7 Å². The highest BCUT2D eigenvalue weighted by molar-refractivity contribution is 6.22. The van der Waals surface area contributed by atoms with Crippen molar-refractivity contribution in [3.63, 3.8) is 0 Å². The van der Waals surface area contributed by atoms with E-state index in [-0.39, 0.29) is 11.7 Å². The second-order valence-corrected chi connectivity index (χ2v) is 4.32. The Kier molecular flexibility index (Phi) is 2.27. The average Bonchev–Trinajstić information content (AvgIpc) is 2.63. The van der Waals surface area contributed by atoms with Crippen LogP contribution in [-0.2, 0) is 4.79 Å². The Morgan fingerprint density at radius 3 is 2.33 bits per heavy atom. The zero-order chi connectivity index (χ0) is 12.7. The molecule has 0 aliphatic heterocycles. The van der Waals surface area contributed by atoms with Gasteiger partial charge in [0.15, 0.2) is 5.78 Å². The first-order chi connectivity index (χ1) is 8.66. The Morgan fingerprint density at radius 1 is 0.944 bits per heavy atom. The van der Waals surface area contributed by atoms with E-state index in [4.69, 9.17) is 0 Å². The van der Waals surface area contributed by atoms with Crippen LogP contribution in [0.4, 0.5) is 5.69 Å². The van der Waals surface area contributed by atoms with Crippen molar-refractivity contribution in [3.05, 3.63) is 53.6 Å². The van der Waals surface area contributed by atoms with Crippen LogP contribution in [0.15, 0.2) is 42.5 Å². The zero-order valence-corrected chi connectivity index (χ0v) is 9.86. The van der Waals surface area contributed by atoms with E-state index in [1.54, 1.807) is 12.1 Å². The molecule has 0 atom stereocenters. The van der Waals surface area contributed by atoms with Crippen molar-refractivity contribution >= 4 is 17.4 Å². The van der Waals surface area contributed by atoms with Crippen molar-refractivity contribution < 1.29 is 9.59 Å². The second-order valence-electron chi connectivity index (χ2n) is 4.32. The zero-order valence-electron chi connectivity index (χ0n) is 9.86. The number of carbonyl (C=O) groups excluding carboxylic acids is 2. The molecule has 88 valence electrons. The predicted octanol–water partition coefficient (Wildman–Crippen LogP) is 2.86. The minimum atomic E-state index is -0.118. The fraction of sp³-hybridized carbons (Fsp3) is 0.0667. The van der Waals surface area contributed by atoms with Crippen LogP contribution in [0.25, 0.3) is 11.1 Å². The first-order valence-corrected chi connectivity index (χ1v) is 5.72. The van der Waals surface area contributed by atoms with Crippen LogP contribution < -0.4 is 5.32 Å². The van der Waals surface area contributed by atoms with Gasteiger partial charge in [-0.25, -0.2) is 0 Å². The summed E-state index contributed by atoms with van der Waals surface area (Å²) in [6, 6.07) is 12.9. The number of rotatable bonds is 1. The smallest absolute Gasteiger partial charge is 0.221 e. The molecular weight excluding hydrogens is 226 g/mol. The maximum Gasteiger partial charge on any atom is 0.221 e. The molecule has 2 aromatic rings. The average molecular weight is 237 g/mol. The molecule has 1 aliphatic rings.